The van der Waals surface area contributed by atoms with Crippen molar-refractivity contribution in [1.82, 2.24) is 14.7 Å². The first-order valence-corrected chi connectivity index (χ1v) is 9.59. The average Bonchev–Trinajstić information content (AvgIpc) is 3.09. The van der Waals surface area contributed by atoms with Crippen LogP contribution in [0, 0.1) is 0 Å². The summed E-state index contributed by atoms with van der Waals surface area (Å²) in [6.07, 6.45) is 0.478. The van der Waals surface area contributed by atoms with Crippen molar-refractivity contribution in [1.29, 1.82) is 0 Å². The number of amides is 2. The van der Waals surface area contributed by atoms with Crippen LogP contribution in [0.3, 0.4) is 0 Å². The number of carboxylic acid groups (broad SMARTS) is 1. The van der Waals surface area contributed by atoms with Crippen LogP contribution in [-0.4, -0.2) is 38.3 Å². The second kappa shape index (κ2) is 7.77. The highest BCUT2D eigenvalue weighted by Crippen LogP contribution is 2.27. The van der Waals surface area contributed by atoms with E-state index in [1.165, 1.54) is 0 Å². The van der Waals surface area contributed by atoms with Gasteiger partial charge < -0.3 is 15.3 Å². The molecule has 0 unspecified atom stereocenters. The minimum absolute atomic E-state index is 0.0565. The smallest absolute Gasteiger partial charge is 0.356 e. The van der Waals surface area contributed by atoms with Crippen LogP contribution in [0.4, 0.5) is 10.5 Å². The summed E-state index contributed by atoms with van der Waals surface area (Å²) in [5.74, 6) is -1.13. The largest absolute Gasteiger partial charge is 0.476 e. The van der Waals surface area contributed by atoms with Crippen molar-refractivity contribution in [2.24, 2.45) is 0 Å². The lowest BCUT2D eigenvalue weighted by molar-refractivity contribution is 0.0687. The van der Waals surface area contributed by atoms with E-state index in [1.54, 1.807) is 58.1 Å². The SMILES string of the molecule is O=C(O)c1nn(-c2ccc(Cl)cc2)c2c1CN(C(=O)Nc1ccc(Cl)cc1)CC2. The monoisotopic (exact) mass is 430 g/mol. The normalized spacial score (nSPS) is 13.1. The third kappa shape index (κ3) is 3.92. The maximum atomic E-state index is 12.7. The predicted octanol–water partition coefficient (Wildman–Crippen LogP) is 4.47. The molecule has 1 aliphatic heterocycles. The van der Waals surface area contributed by atoms with E-state index in [0.29, 0.717) is 34.3 Å². The van der Waals surface area contributed by atoms with Gasteiger partial charge in [0.2, 0.25) is 0 Å². The number of rotatable bonds is 3. The topological polar surface area (TPSA) is 87.5 Å². The molecular weight excluding hydrogens is 415 g/mol. The van der Waals surface area contributed by atoms with Gasteiger partial charge in [0.1, 0.15) is 0 Å². The molecule has 0 aliphatic carbocycles. The quantitative estimate of drug-likeness (QED) is 0.641. The number of aromatic carboxylic acids is 1. The Balaban J connectivity index is 1.61. The first-order chi connectivity index (χ1) is 13.9. The Hall–Kier alpha value is -3.03. The van der Waals surface area contributed by atoms with Crippen LogP contribution < -0.4 is 5.32 Å². The molecule has 7 nitrogen and oxygen atoms in total. The molecule has 0 atom stereocenters. The molecule has 1 aliphatic rings. The maximum Gasteiger partial charge on any atom is 0.356 e. The number of urea groups is 1. The summed E-state index contributed by atoms with van der Waals surface area (Å²) in [6.45, 7) is 0.592. The van der Waals surface area contributed by atoms with Crippen LogP contribution in [0.1, 0.15) is 21.7 Å². The zero-order chi connectivity index (χ0) is 20.5. The van der Waals surface area contributed by atoms with Crippen LogP contribution in [0.15, 0.2) is 48.5 Å². The molecule has 148 valence electrons. The molecule has 1 aromatic heterocycles. The fraction of sp³-hybridized carbons (Fsp3) is 0.150. The Morgan fingerprint density at radius 3 is 2.24 bits per heavy atom. The number of carbonyl (C=O) groups is 2. The number of benzene rings is 2. The zero-order valence-electron chi connectivity index (χ0n) is 15.1. The van der Waals surface area contributed by atoms with E-state index in [1.807, 2.05) is 0 Å². The number of nitrogens with one attached hydrogen (secondary N) is 1. The molecule has 0 bridgehead atoms. The van der Waals surface area contributed by atoms with Gasteiger partial charge in [-0.15, -0.1) is 0 Å². The summed E-state index contributed by atoms with van der Waals surface area (Å²) in [6, 6.07) is 13.5. The highest BCUT2D eigenvalue weighted by atomic mass is 35.5. The lowest BCUT2D eigenvalue weighted by atomic mass is 10.1. The van der Waals surface area contributed by atoms with Crippen molar-refractivity contribution in [3.05, 3.63) is 75.5 Å². The summed E-state index contributed by atoms with van der Waals surface area (Å²) in [4.78, 5) is 26.0. The summed E-state index contributed by atoms with van der Waals surface area (Å²) < 4.78 is 1.61. The third-order valence-electron chi connectivity index (χ3n) is 4.71. The van der Waals surface area contributed by atoms with Crippen LogP contribution in [0.5, 0.6) is 0 Å². The molecule has 29 heavy (non-hydrogen) atoms. The van der Waals surface area contributed by atoms with E-state index in [2.05, 4.69) is 10.4 Å². The van der Waals surface area contributed by atoms with E-state index in [9.17, 15) is 14.7 Å². The van der Waals surface area contributed by atoms with E-state index in [0.717, 1.165) is 11.4 Å². The lowest BCUT2D eigenvalue weighted by Gasteiger charge is -2.28. The van der Waals surface area contributed by atoms with Crippen molar-refractivity contribution < 1.29 is 14.7 Å². The number of aromatic nitrogens is 2. The Morgan fingerprint density at radius 2 is 1.62 bits per heavy atom. The molecule has 2 heterocycles. The minimum Gasteiger partial charge on any atom is -0.476 e. The number of hydrogen-bond donors (Lipinski definition) is 2. The number of nitrogens with zero attached hydrogens (tertiary/aromatic N) is 3. The minimum atomic E-state index is -1.13. The van der Waals surface area contributed by atoms with Crippen molar-refractivity contribution >= 4 is 40.9 Å². The fourth-order valence-electron chi connectivity index (χ4n) is 3.30. The van der Waals surface area contributed by atoms with Gasteiger partial charge in [0.05, 0.1) is 17.9 Å². The molecular formula is C20H16Cl2N4O3. The molecule has 0 radical (unpaired) electrons. The molecule has 9 heteroatoms. The van der Waals surface area contributed by atoms with Gasteiger partial charge in [-0.2, -0.15) is 5.10 Å². The number of fused-ring (bicyclic) bond motifs is 1. The van der Waals surface area contributed by atoms with Crippen molar-refractivity contribution in [2.45, 2.75) is 13.0 Å². The van der Waals surface area contributed by atoms with Gasteiger partial charge in [0.25, 0.3) is 0 Å². The maximum absolute atomic E-state index is 12.7. The van der Waals surface area contributed by atoms with Gasteiger partial charge in [-0.1, -0.05) is 23.2 Å². The van der Waals surface area contributed by atoms with Crippen LogP contribution in [-0.2, 0) is 13.0 Å². The molecule has 2 aromatic carbocycles. The Kier molecular flexibility index (Phi) is 5.17. The molecule has 0 saturated heterocycles. The van der Waals surface area contributed by atoms with E-state index in [4.69, 9.17) is 23.2 Å². The van der Waals surface area contributed by atoms with Gasteiger partial charge in [0.15, 0.2) is 5.69 Å². The van der Waals surface area contributed by atoms with Gasteiger partial charge in [-0.05, 0) is 48.5 Å². The summed E-state index contributed by atoms with van der Waals surface area (Å²) in [5, 5.41) is 17.8. The van der Waals surface area contributed by atoms with Gasteiger partial charge in [-0.25, -0.2) is 14.3 Å². The summed E-state index contributed by atoms with van der Waals surface area (Å²) in [7, 11) is 0. The molecule has 2 N–H and O–H groups in total. The summed E-state index contributed by atoms with van der Waals surface area (Å²) in [5.41, 5.74) is 2.59. The number of hydrogen-bond acceptors (Lipinski definition) is 3. The highest BCUT2D eigenvalue weighted by molar-refractivity contribution is 6.30. The molecule has 0 spiro atoms. The second-order valence-corrected chi connectivity index (χ2v) is 7.45. The van der Waals surface area contributed by atoms with Crippen LogP contribution in [0.25, 0.3) is 5.69 Å². The number of carboxylic acids is 1. The average molecular weight is 431 g/mol. The predicted molar refractivity (Wildman–Crippen MR) is 110 cm³/mol. The first-order valence-electron chi connectivity index (χ1n) is 8.84. The molecule has 2 amide bonds. The van der Waals surface area contributed by atoms with Crippen molar-refractivity contribution in [2.75, 3.05) is 11.9 Å². The molecule has 0 saturated carbocycles. The van der Waals surface area contributed by atoms with Crippen molar-refractivity contribution in [3.8, 4) is 5.69 Å². The molecule has 0 fully saturated rings. The van der Waals surface area contributed by atoms with Crippen molar-refractivity contribution in [3.63, 3.8) is 0 Å². The number of carbonyl (C=O) groups excluding carboxylic acids is 1. The number of halogens is 2. The Morgan fingerprint density at radius 1 is 1.00 bits per heavy atom. The van der Waals surface area contributed by atoms with Crippen LogP contribution in [0.2, 0.25) is 10.0 Å². The Bertz CT molecular complexity index is 1080. The number of anilines is 1. The van der Waals surface area contributed by atoms with E-state index >= 15 is 0 Å². The fourth-order valence-corrected chi connectivity index (χ4v) is 3.55. The first kappa shape index (κ1) is 19.3. The lowest BCUT2D eigenvalue weighted by Crippen LogP contribution is -2.39. The van der Waals surface area contributed by atoms with Gasteiger partial charge in [0, 0.05) is 34.3 Å². The highest BCUT2D eigenvalue weighted by Gasteiger charge is 2.30. The molecule has 3 aromatic rings. The zero-order valence-corrected chi connectivity index (χ0v) is 16.6. The van der Waals surface area contributed by atoms with Gasteiger partial charge >= 0.3 is 12.0 Å². The Labute approximate surface area is 176 Å². The third-order valence-corrected chi connectivity index (χ3v) is 5.22. The van der Waals surface area contributed by atoms with Gasteiger partial charge in [-0.3, -0.25) is 0 Å². The second-order valence-electron chi connectivity index (χ2n) is 6.58. The summed E-state index contributed by atoms with van der Waals surface area (Å²) >= 11 is 11.8. The van der Waals surface area contributed by atoms with Crippen LogP contribution >= 0.6 is 23.2 Å². The van der Waals surface area contributed by atoms with E-state index < -0.39 is 5.97 Å². The molecule has 4 rings (SSSR count). The standard InChI is InChI=1S/C20H16Cl2N4O3/c21-12-1-5-14(6-2-12)23-20(29)25-10-9-17-16(11-25)18(19(27)28)24-26(17)15-7-3-13(22)4-8-15/h1-8H,9-11H2,(H,23,29)(H,27,28). The van der Waals surface area contributed by atoms with E-state index in [-0.39, 0.29) is 18.3 Å².